The predicted octanol–water partition coefficient (Wildman–Crippen LogP) is 1.18. The third-order valence-electron chi connectivity index (χ3n) is 4.15. The zero-order chi connectivity index (χ0) is 15.5. The van der Waals surface area contributed by atoms with Crippen molar-refractivity contribution in [1.82, 2.24) is 14.8 Å². The van der Waals surface area contributed by atoms with Crippen molar-refractivity contribution >= 4 is 18.1 Å². The molecule has 1 aliphatic heterocycles. The van der Waals surface area contributed by atoms with E-state index in [1.807, 2.05) is 0 Å². The Labute approximate surface area is 140 Å². The molecule has 0 radical (unpaired) electrons. The van der Waals surface area contributed by atoms with Crippen LogP contribution in [0.25, 0.3) is 0 Å². The van der Waals surface area contributed by atoms with Crippen molar-refractivity contribution < 1.29 is 4.42 Å². The van der Waals surface area contributed by atoms with Gasteiger partial charge in [0.15, 0.2) is 5.89 Å². The van der Waals surface area contributed by atoms with E-state index in [1.54, 1.807) is 25.5 Å². The molecule has 0 atom stereocenters. The molecule has 0 aliphatic carbocycles. The summed E-state index contributed by atoms with van der Waals surface area (Å²) in [6.45, 7) is 4.69. The molecular formula is C15H22ClN5O2. The SMILES string of the molecule is Cc1nc(Cn2ncc(N3CCC(CN)CC3)cc2=O)co1.Cl. The fourth-order valence-electron chi connectivity index (χ4n) is 2.78. The predicted molar refractivity (Wildman–Crippen MR) is 90.1 cm³/mol. The summed E-state index contributed by atoms with van der Waals surface area (Å²) in [6.07, 6.45) is 5.43. The highest BCUT2D eigenvalue weighted by Gasteiger charge is 2.19. The van der Waals surface area contributed by atoms with Crippen LogP contribution in [0.15, 0.2) is 27.7 Å². The van der Waals surface area contributed by atoms with Gasteiger partial charge in [0.25, 0.3) is 5.56 Å². The van der Waals surface area contributed by atoms with Crippen molar-refractivity contribution in [3.05, 3.63) is 40.5 Å². The fourth-order valence-corrected chi connectivity index (χ4v) is 2.78. The maximum absolute atomic E-state index is 12.2. The van der Waals surface area contributed by atoms with Gasteiger partial charge in [-0.3, -0.25) is 4.79 Å². The van der Waals surface area contributed by atoms with E-state index >= 15 is 0 Å². The van der Waals surface area contributed by atoms with E-state index in [4.69, 9.17) is 10.2 Å². The van der Waals surface area contributed by atoms with Crippen molar-refractivity contribution in [2.24, 2.45) is 11.7 Å². The molecule has 2 aromatic rings. The molecule has 0 bridgehead atoms. The lowest BCUT2D eigenvalue weighted by molar-refractivity contribution is 0.414. The Morgan fingerprint density at radius 2 is 2.13 bits per heavy atom. The molecule has 0 unspecified atom stereocenters. The molecular weight excluding hydrogens is 318 g/mol. The van der Waals surface area contributed by atoms with Crippen molar-refractivity contribution in [2.45, 2.75) is 26.3 Å². The molecule has 3 rings (SSSR count). The molecule has 3 heterocycles. The highest BCUT2D eigenvalue weighted by atomic mass is 35.5. The van der Waals surface area contributed by atoms with E-state index in [9.17, 15) is 4.79 Å². The van der Waals surface area contributed by atoms with Gasteiger partial charge in [-0.25, -0.2) is 9.67 Å². The van der Waals surface area contributed by atoms with Crippen LogP contribution in [-0.4, -0.2) is 34.4 Å². The Bertz CT molecular complexity index is 691. The van der Waals surface area contributed by atoms with Gasteiger partial charge in [0.2, 0.25) is 0 Å². The summed E-state index contributed by atoms with van der Waals surface area (Å²) in [4.78, 5) is 18.6. The molecule has 126 valence electrons. The molecule has 2 aromatic heterocycles. The molecule has 0 saturated carbocycles. The van der Waals surface area contributed by atoms with Crippen LogP contribution in [0.3, 0.4) is 0 Å². The zero-order valence-electron chi connectivity index (χ0n) is 13.1. The van der Waals surface area contributed by atoms with Gasteiger partial charge in [0.1, 0.15) is 12.0 Å². The smallest absolute Gasteiger partial charge is 0.269 e. The number of piperidine rings is 1. The Hall–Kier alpha value is -1.86. The summed E-state index contributed by atoms with van der Waals surface area (Å²) in [7, 11) is 0. The molecule has 0 amide bonds. The third-order valence-corrected chi connectivity index (χ3v) is 4.15. The zero-order valence-corrected chi connectivity index (χ0v) is 14.0. The molecule has 23 heavy (non-hydrogen) atoms. The number of oxazole rings is 1. The average Bonchev–Trinajstić information content (AvgIpc) is 2.94. The molecule has 8 heteroatoms. The normalized spacial score (nSPS) is 15.5. The maximum atomic E-state index is 12.2. The van der Waals surface area contributed by atoms with Gasteiger partial charge in [-0.05, 0) is 25.3 Å². The highest BCUT2D eigenvalue weighted by molar-refractivity contribution is 5.85. The maximum Gasteiger partial charge on any atom is 0.269 e. The Morgan fingerprint density at radius 1 is 1.39 bits per heavy atom. The minimum atomic E-state index is -0.126. The van der Waals surface area contributed by atoms with E-state index in [-0.39, 0.29) is 18.0 Å². The minimum absolute atomic E-state index is 0. The van der Waals surface area contributed by atoms with E-state index in [1.165, 1.54) is 4.68 Å². The Balaban J connectivity index is 0.00000192. The lowest BCUT2D eigenvalue weighted by atomic mass is 9.97. The summed E-state index contributed by atoms with van der Waals surface area (Å²) in [5.41, 5.74) is 7.16. The van der Waals surface area contributed by atoms with Gasteiger partial charge in [-0.1, -0.05) is 0 Å². The average molecular weight is 340 g/mol. The van der Waals surface area contributed by atoms with Gasteiger partial charge in [0.05, 0.1) is 18.4 Å². The van der Waals surface area contributed by atoms with Crippen LogP contribution in [0.1, 0.15) is 24.4 Å². The van der Waals surface area contributed by atoms with Crippen LogP contribution in [0.5, 0.6) is 0 Å². The van der Waals surface area contributed by atoms with Crippen LogP contribution in [0, 0.1) is 12.8 Å². The van der Waals surface area contributed by atoms with E-state index in [0.717, 1.165) is 38.2 Å². The van der Waals surface area contributed by atoms with E-state index in [2.05, 4.69) is 15.0 Å². The third kappa shape index (κ3) is 4.11. The number of hydrogen-bond acceptors (Lipinski definition) is 6. The second kappa shape index (κ2) is 7.61. The monoisotopic (exact) mass is 339 g/mol. The molecule has 7 nitrogen and oxygen atoms in total. The largest absolute Gasteiger partial charge is 0.449 e. The van der Waals surface area contributed by atoms with E-state index < -0.39 is 0 Å². The number of nitrogens with two attached hydrogens (primary N) is 1. The molecule has 0 spiro atoms. The standard InChI is InChI=1S/C15H21N5O2.ClH/c1-11-18-13(10-22-11)9-20-15(21)6-14(8-17-20)19-4-2-12(7-16)3-5-19;/h6,8,10,12H,2-5,7,9,16H2,1H3;1H. The van der Waals surface area contributed by atoms with Crippen molar-refractivity contribution in [3.63, 3.8) is 0 Å². The summed E-state index contributed by atoms with van der Waals surface area (Å²) in [5.74, 6) is 1.18. The lowest BCUT2D eigenvalue weighted by Gasteiger charge is -2.32. The molecule has 1 fully saturated rings. The Morgan fingerprint density at radius 3 is 2.70 bits per heavy atom. The quantitative estimate of drug-likeness (QED) is 0.899. The summed E-state index contributed by atoms with van der Waals surface area (Å²) in [5, 5.41) is 4.25. The number of anilines is 1. The summed E-state index contributed by atoms with van der Waals surface area (Å²) in [6, 6.07) is 1.64. The first-order valence-electron chi connectivity index (χ1n) is 7.59. The summed E-state index contributed by atoms with van der Waals surface area (Å²) >= 11 is 0. The van der Waals surface area contributed by atoms with Crippen molar-refractivity contribution in [1.29, 1.82) is 0 Å². The van der Waals surface area contributed by atoms with Crippen LogP contribution in [0.4, 0.5) is 5.69 Å². The first-order chi connectivity index (χ1) is 10.7. The van der Waals surface area contributed by atoms with Crippen molar-refractivity contribution in [3.8, 4) is 0 Å². The number of aryl methyl sites for hydroxylation is 1. The number of hydrogen-bond donors (Lipinski definition) is 1. The van der Waals surface area contributed by atoms with Crippen LogP contribution >= 0.6 is 12.4 Å². The summed E-state index contributed by atoms with van der Waals surface area (Å²) < 4.78 is 6.54. The van der Waals surface area contributed by atoms with Gasteiger partial charge in [0, 0.05) is 26.1 Å². The van der Waals surface area contributed by atoms with Gasteiger partial charge in [-0.15, -0.1) is 12.4 Å². The second-order valence-corrected chi connectivity index (χ2v) is 5.73. The first-order valence-corrected chi connectivity index (χ1v) is 7.59. The number of rotatable bonds is 4. The molecule has 1 aliphatic rings. The van der Waals surface area contributed by atoms with Crippen molar-refractivity contribution in [2.75, 3.05) is 24.5 Å². The topological polar surface area (TPSA) is 90.2 Å². The number of halogens is 1. The van der Waals surface area contributed by atoms with Crippen LogP contribution in [0.2, 0.25) is 0 Å². The van der Waals surface area contributed by atoms with E-state index in [0.29, 0.717) is 24.0 Å². The molecule has 2 N–H and O–H groups in total. The lowest BCUT2D eigenvalue weighted by Crippen LogP contribution is -2.37. The number of nitrogens with zero attached hydrogens (tertiary/aromatic N) is 4. The molecule has 0 aromatic carbocycles. The highest BCUT2D eigenvalue weighted by Crippen LogP contribution is 2.20. The van der Waals surface area contributed by atoms with Gasteiger partial charge in [-0.2, -0.15) is 5.10 Å². The van der Waals surface area contributed by atoms with Gasteiger partial charge < -0.3 is 15.1 Å². The second-order valence-electron chi connectivity index (χ2n) is 5.73. The Kier molecular flexibility index (Phi) is 5.79. The van der Waals surface area contributed by atoms with Crippen LogP contribution in [-0.2, 0) is 6.54 Å². The minimum Gasteiger partial charge on any atom is -0.449 e. The number of aromatic nitrogens is 3. The first kappa shape index (κ1) is 17.5. The molecule has 1 saturated heterocycles. The van der Waals surface area contributed by atoms with Crippen LogP contribution < -0.4 is 16.2 Å². The fraction of sp³-hybridized carbons (Fsp3) is 0.533. The van der Waals surface area contributed by atoms with Gasteiger partial charge >= 0.3 is 0 Å².